The molecule has 0 spiro atoms. The van der Waals surface area contributed by atoms with Crippen LogP contribution in [0.2, 0.25) is 0 Å². The van der Waals surface area contributed by atoms with Gasteiger partial charge in [0, 0.05) is 4.47 Å². The number of aliphatic hydroxyl groups is 2. The summed E-state index contributed by atoms with van der Waals surface area (Å²) in [5, 5.41) is 19.3. The third kappa shape index (κ3) is 4.64. The fourth-order valence-corrected chi connectivity index (χ4v) is 2.13. The third-order valence-corrected chi connectivity index (χ3v) is 3.14. The Hall–Kier alpha value is -0.380. The summed E-state index contributed by atoms with van der Waals surface area (Å²) in [4.78, 5) is 0. The molecule has 2 nitrogen and oxygen atoms in total. The van der Waals surface area contributed by atoms with Crippen molar-refractivity contribution < 1.29 is 10.2 Å². The molecule has 0 aliphatic rings. The van der Waals surface area contributed by atoms with Gasteiger partial charge in [0.1, 0.15) is 0 Å². The highest BCUT2D eigenvalue weighted by Crippen LogP contribution is 2.15. The Morgan fingerprint density at radius 1 is 1.19 bits per heavy atom. The summed E-state index contributed by atoms with van der Waals surface area (Å²) >= 11 is 3.41. The van der Waals surface area contributed by atoms with Crippen molar-refractivity contribution in [1.29, 1.82) is 0 Å². The Kier molecular flexibility index (Phi) is 6.03. The third-order valence-electron chi connectivity index (χ3n) is 2.65. The van der Waals surface area contributed by atoms with Crippen LogP contribution < -0.4 is 0 Å². The first kappa shape index (κ1) is 13.7. The van der Waals surface area contributed by atoms with Crippen molar-refractivity contribution in [3.8, 4) is 0 Å². The fourth-order valence-electron chi connectivity index (χ4n) is 1.69. The Labute approximate surface area is 105 Å². The Morgan fingerprint density at radius 3 is 2.50 bits per heavy atom. The molecular formula is C13H19BrO2. The number of benzene rings is 1. The van der Waals surface area contributed by atoms with Gasteiger partial charge in [-0.2, -0.15) is 0 Å². The van der Waals surface area contributed by atoms with Crippen LogP contribution in [0.3, 0.4) is 0 Å². The van der Waals surface area contributed by atoms with Gasteiger partial charge in [0.15, 0.2) is 0 Å². The molecule has 0 amide bonds. The lowest BCUT2D eigenvalue weighted by atomic mass is 10.0. The zero-order valence-corrected chi connectivity index (χ0v) is 11.2. The lowest BCUT2D eigenvalue weighted by Gasteiger charge is -2.16. The molecule has 0 heterocycles. The van der Waals surface area contributed by atoms with Crippen LogP contribution in [0.1, 0.15) is 31.7 Å². The smallest absolute Gasteiger partial charge is 0.0802 e. The van der Waals surface area contributed by atoms with Gasteiger partial charge in [0.05, 0.1) is 12.2 Å². The van der Waals surface area contributed by atoms with Crippen LogP contribution in [0, 0.1) is 0 Å². The normalized spacial score (nSPS) is 14.8. The van der Waals surface area contributed by atoms with Crippen molar-refractivity contribution in [1.82, 2.24) is 0 Å². The molecule has 0 fully saturated rings. The van der Waals surface area contributed by atoms with Crippen LogP contribution in [0.5, 0.6) is 0 Å². The van der Waals surface area contributed by atoms with E-state index in [-0.39, 0.29) is 0 Å². The predicted molar refractivity (Wildman–Crippen MR) is 69.4 cm³/mol. The maximum absolute atomic E-state index is 9.72. The van der Waals surface area contributed by atoms with Crippen LogP contribution in [-0.4, -0.2) is 22.4 Å². The van der Waals surface area contributed by atoms with E-state index in [2.05, 4.69) is 15.9 Å². The van der Waals surface area contributed by atoms with Gasteiger partial charge >= 0.3 is 0 Å². The van der Waals surface area contributed by atoms with E-state index in [1.807, 2.05) is 31.2 Å². The first-order valence-electron chi connectivity index (χ1n) is 5.74. The number of hydrogen-bond acceptors (Lipinski definition) is 2. The summed E-state index contributed by atoms with van der Waals surface area (Å²) in [6.45, 7) is 2.00. The maximum atomic E-state index is 9.72. The van der Waals surface area contributed by atoms with Gasteiger partial charge in [-0.1, -0.05) is 41.4 Å². The van der Waals surface area contributed by atoms with E-state index in [1.165, 1.54) is 5.56 Å². The quantitative estimate of drug-likeness (QED) is 0.844. The molecule has 0 radical (unpaired) electrons. The average Bonchev–Trinajstić information content (AvgIpc) is 2.26. The Bertz CT molecular complexity index is 315. The van der Waals surface area contributed by atoms with Gasteiger partial charge < -0.3 is 10.2 Å². The molecule has 2 unspecified atom stereocenters. The zero-order valence-electron chi connectivity index (χ0n) is 9.56. The standard InChI is InChI=1S/C13H19BrO2/c1-2-4-12(15)13(16)8-7-10-5-3-6-11(14)9-10/h3,5-6,9,12-13,15-16H,2,4,7-8H2,1H3. The van der Waals surface area contributed by atoms with Gasteiger partial charge in [0.25, 0.3) is 0 Å². The molecule has 0 saturated heterocycles. The molecule has 1 aromatic rings. The van der Waals surface area contributed by atoms with Crippen molar-refractivity contribution in [2.45, 2.75) is 44.8 Å². The minimum absolute atomic E-state index is 0.586. The van der Waals surface area contributed by atoms with Gasteiger partial charge in [-0.3, -0.25) is 0 Å². The monoisotopic (exact) mass is 286 g/mol. The number of aliphatic hydroxyl groups excluding tert-OH is 2. The average molecular weight is 287 g/mol. The van der Waals surface area contributed by atoms with Crippen LogP contribution in [0.25, 0.3) is 0 Å². The van der Waals surface area contributed by atoms with Gasteiger partial charge in [0.2, 0.25) is 0 Å². The highest BCUT2D eigenvalue weighted by molar-refractivity contribution is 9.10. The zero-order chi connectivity index (χ0) is 12.0. The van der Waals surface area contributed by atoms with Crippen molar-refractivity contribution in [2.24, 2.45) is 0 Å². The van der Waals surface area contributed by atoms with Crippen molar-refractivity contribution in [2.75, 3.05) is 0 Å². The summed E-state index contributed by atoms with van der Waals surface area (Å²) in [6.07, 6.45) is 1.77. The van der Waals surface area contributed by atoms with E-state index in [0.717, 1.165) is 17.3 Å². The molecule has 0 bridgehead atoms. The van der Waals surface area contributed by atoms with Gasteiger partial charge in [-0.15, -0.1) is 0 Å². The van der Waals surface area contributed by atoms with Crippen molar-refractivity contribution in [3.05, 3.63) is 34.3 Å². The highest BCUT2D eigenvalue weighted by Gasteiger charge is 2.14. The first-order valence-corrected chi connectivity index (χ1v) is 6.53. The second-order valence-corrected chi connectivity index (χ2v) is 5.01. The topological polar surface area (TPSA) is 40.5 Å². The molecule has 16 heavy (non-hydrogen) atoms. The number of hydrogen-bond donors (Lipinski definition) is 2. The summed E-state index contributed by atoms with van der Waals surface area (Å²) in [5.41, 5.74) is 1.18. The molecule has 2 N–H and O–H groups in total. The molecule has 0 saturated carbocycles. The van der Waals surface area contributed by atoms with Crippen LogP contribution in [0.15, 0.2) is 28.7 Å². The Balaban J connectivity index is 2.39. The van der Waals surface area contributed by atoms with E-state index < -0.39 is 12.2 Å². The molecular weight excluding hydrogens is 268 g/mol. The molecule has 1 rings (SSSR count). The number of rotatable bonds is 6. The number of aryl methyl sites for hydroxylation is 1. The molecule has 0 aliphatic carbocycles. The lowest BCUT2D eigenvalue weighted by Crippen LogP contribution is -2.26. The predicted octanol–water partition coefficient (Wildman–Crippen LogP) is 2.90. The fraction of sp³-hybridized carbons (Fsp3) is 0.538. The van der Waals surface area contributed by atoms with E-state index in [0.29, 0.717) is 12.8 Å². The SMILES string of the molecule is CCCC(O)C(O)CCc1cccc(Br)c1. The van der Waals surface area contributed by atoms with Crippen LogP contribution >= 0.6 is 15.9 Å². The number of halogens is 1. The summed E-state index contributed by atoms with van der Waals surface area (Å²) in [7, 11) is 0. The minimum atomic E-state index is -0.612. The van der Waals surface area contributed by atoms with Gasteiger partial charge in [-0.05, 0) is 37.0 Å². The molecule has 0 aliphatic heterocycles. The molecule has 1 aromatic carbocycles. The highest BCUT2D eigenvalue weighted by atomic mass is 79.9. The lowest BCUT2D eigenvalue weighted by molar-refractivity contribution is 0.00980. The molecule has 3 heteroatoms. The van der Waals surface area contributed by atoms with E-state index in [1.54, 1.807) is 0 Å². The molecule has 0 aromatic heterocycles. The second-order valence-electron chi connectivity index (χ2n) is 4.09. The Morgan fingerprint density at radius 2 is 1.88 bits per heavy atom. The second kappa shape index (κ2) is 7.05. The van der Waals surface area contributed by atoms with Crippen molar-refractivity contribution in [3.63, 3.8) is 0 Å². The largest absolute Gasteiger partial charge is 0.390 e. The van der Waals surface area contributed by atoms with E-state index >= 15 is 0 Å². The van der Waals surface area contributed by atoms with Crippen LogP contribution in [-0.2, 0) is 6.42 Å². The molecule has 90 valence electrons. The summed E-state index contributed by atoms with van der Waals surface area (Å²) in [5.74, 6) is 0. The summed E-state index contributed by atoms with van der Waals surface area (Å²) < 4.78 is 1.05. The van der Waals surface area contributed by atoms with E-state index in [4.69, 9.17) is 0 Å². The van der Waals surface area contributed by atoms with Crippen molar-refractivity contribution >= 4 is 15.9 Å². The minimum Gasteiger partial charge on any atom is -0.390 e. The maximum Gasteiger partial charge on any atom is 0.0802 e. The van der Waals surface area contributed by atoms with E-state index in [9.17, 15) is 10.2 Å². The van der Waals surface area contributed by atoms with Crippen LogP contribution in [0.4, 0.5) is 0 Å². The summed E-state index contributed by atoms with van der Waals surface area (Å²) in [6, 6.07) is 8.03. The molecule has 2 atom stereocenters. The first-order chi connectivity index (χ1) is 7.63. The van der Waals surface area contributed by atoms with Gasteiger partial charge in [-0.25, -0.2) is 0 Å².